The molecule has 0 amide bonds. The third-order valence-corrected chi connectivity index (χ3v) is 6.57. The summed E-state index contributed by atoms with van der Waals surface area (Å²) in [7, 11) is 0. The molecule has 0 bridgehead atoms. The summed E-state index contributed by atoms with van der Waals surface area (Å²) in [5.74, 6) is -0.0680. The molecule has 6 heteroatoms. The second kappa shape index (κ2) is 13.0. The summed E-state index contributed by atoms with van der Waals surface area (Å²) >= 11 is 11.8. The van der Waals surface area contributed by atoms with E-state index in [1.807, 2.05) is 24.3 Å². The summed E-state index contributed by atoms with van der Waals surface area (Å²) < 4.78 is 11.1. The number of carbonyl (C=O) groups excluding carboxylic acids is 2. The predicted octanol–water partition coefficient (Wildman–Crippen LogP) is 7.64. The van der Waals surface area contributed by atoms with Gasteiger partial charge < -0.3 is 9.47 Å². The van der Waals surface area contributed by atoms with Crippen LogP contribution in [0.3, 0.4) is 0 Å². The molecule has 0 heterocycles. The minimum atomic E-state index is -0.529. The second-order valence-electron chi connectivity index (χ2n) is 9.38. The Balaban J connectivity index is 2.05. The maximum Gasteiger partial charge on any atom is 0.306 e. The molecule has 0 atom stereocenters. The highest BCUT2D eigenvalue weighted by molar-refractivity contribution is 6.30. The fourth-order valence-corrected chi connectivity index (χ4v) is 3.93. The lowest BCUT2D eigenvalue weighted by Gasteiger charge is -2.37. The van der Waals surface area contributed by atoms with E-state index in [0.29, 0.717) is 16.0 Å². The van der Waals surface area contributed by atoms with Crippen molar-refractivity contribution in [2.24, 2.45) is 17.3 Å². The molecule has 0 radical (unpaired) electrons. The van der Waals surface area contributed by atoms with Gasteiger partial charge in [-0.15, -0.1) is 0 Å². The summed E-state index contributed by atoms with van der Waals surface area (Å²) in [6.45, 7) is 8.74. The van der Waals surface area contributed by atoms with Crippen LogP contribution in [0.15, 0.2) is 48.5 Å². The molecule has 0 N–H and O–H groups in total. The van der Waals surface area contributed by atoms with Gasteiger partial charge in [0.2, 0.25) is 0 Å². The molecule has 0 aliphatic heterocycles. The van der Waals surface area contributed by atoms with E-state index in [-0.39, 0.29) is 43.9 Å². The zero-order valence-electron chi connectivity index (χ0n) is 19.9. The Bertz CT molecular complexity index is 826. The molecule has 0 aliphatic rings. The molecule has 0 unspecified atom stereocenters. The van der Waals surface area contributed by atoms with E-state index in [9.17, 15) is 9.59 Å². The van der Waals surface area contributed by atoms with Crippen molar-refractivity contribution in [1.82, 2.24) is 0 Å². The Morgan fingerprint density at radius 1 is 0.758 bits per heavy atom. The number of hydrogen-bond donors (Lipinski definition) is 0. The quantitative estimate of drug-likeness (QED) is 0.285. The molecule has 33 heavy (non-hydrogen) atoms. The molecule has 0 saturated carbocycles. The van der Waals surface area contributed by atoms with E-state index in [0.717, 1.165) is 24.0 Å². The Morgan fingerprint density at radius 3 is 1.48 bits per heavy atom. The number of rotatable bonds is 12. The maximum atomic E-state index is 12.8. The van der Waals surface area contributed by atoms with Crippen LogP contribution in [0.2, 0.25) is 10.0 Å². The van der Waals surface area contributed by atoms with Gasteiger partial charge in [0, 0.05) is 10.0 Å². The number of halogens is 2. The smallest absolute Gasteiger partial charge is 0.306 e. The lowest BCUT2D eigenvalue weighted by molar-refractivity contribution is -0.154. The fourth-order valence-electron chi connectivity index (χ4n) is 3.68. The first kappa shape index (κ1) is 27.2. The first-order chi connectivity index (χ1) is 15.6. The molecule has 180 valence electrons. The van der Waals surface area contributed by atoms with E-state index >= 15 is 0 Å². The first-order valence-electron chi connectivity index (χ1n) is 11.4. The van der Waals surface area contributed by atoms with Crippen LogP contribution in [0.25, 0.3) is 0 Å². The summed E-state index contributed by atoms with van der Waals surface area (Å²) in [5.41, 5.74) is 1.21. The number of carbonyl (C=O) groups is 2. The fraction of sp³-hybridized carbons (Fsp3) is 0.481. The van der Waals surface area contributed by atoms with Crippen molar-refractivity contribution in [2.75, 3.05) is 0 Å². The monoisotopic (exact) mass is 492 g/mol. The van der Waals surface area contributed by atoms with Crippen LogP contribution in [0, 0.1) is 17.3 Å². The summed E-state index contributed by atoms with van der Waals surface area (Å²) in [5, 5.41) is 1.27. The van der Waals surface area contributed by atoms with Gasteiger partial charge >= 0.3 is 11.9 Å². The van der Waals surface area contributed by atoms with Gasteiger partial charge in [-0.3, -0.25) is 9.59 Å². The summed E-state index contributed by atoms with van der Waals surface area (Å²) in [6.07, 6.45) is 1.99. The van der Waals surface area contributed by atoms with Gasteiger partial charge in [0.25, 0.3) is 0 Å². The van der Waals surface area contributed by atoms with Gasteiger partial charge in [0.05, 0.1) is 12.8 Å². The van der Waals surface area contributed by atoms with Crippen molar-refractivity contribution in [3.8, 4) is 0 Å². The molecule has 2 aromatic rings. The highest BCUT2D eigenvalue weighted by Crippen LogP contribution is 2.42. The molecule has 2 aromatic carbocycles. The molecule has 4 nitrogen and oxygen atoms in total. The number of esters is 2. The Labute approximate surface area is 207 Å². The van der Waals surface area contributed by atoms with Gasteiger partial charge in [0.1, 0.15) is 13.2 Å². The van der Waals surface area contributed by atoms with Gasteiger partial charge in [-0.05, 0) is 59.1 Å². The lowest BCUT2D eigenvalue weighted by atomic mass is 9.68. The maximum absolute atomic E-state index is 12.8. The van der Waals surface area contributed by atoms with Crippen molar-refractivity contribution in [3.05, 3.63) is 69.7 Å². The molecular weight excluding hydrogens is 459 g/mol. The van der Waals surface area contributed by atoms with Gasteiger partial charge in [-0.1, -0.05) is 81.6 Å². The molecule has 0 saturated heterocycles. The second-order valence-corrected chi connectivity index (χ2v) is 10.3. The highest BCUT2D eigenvalue weighted by Gasteiger charge is 2.39. The van der Waals surface area contributed by atoms with Crippen LogP contribution >= 0.6 is 23.2 Å². The van der Waals surface area contributed by atoms with Crippen molar-refractivity contribution in [3.63, 3.8) is 0 Å². The van der Waals surface area contributed by atoms with Gasteiger partial charge in [-0.2, -0.15) is 0 Å². The number of ether oxygens (including phenoxy) is 2. The van der Waals surface area contributed by atoms with Crippen molar-refractivity contribution < 1.29 is 19.1 Å². The molecule has 0 spiro atoms. The third kappa shape index (κ3) is 9.38. The van der Waals surface area contributed by atoms with Crippen molar-refractivity contribution in [1.29, 1.82) is 0 Å². The minimum Gasteiger partial charge on any atom is -0.461 e. The Morgan fingerprint density at radius 2 is 1.15 bits per heavy atom. The van der Waals surface area contributed by atoms with Crippen LogP contribution in [0.5, 0.6) is 0 Å². The molecule has 0 aromatic heterocycles. The van der Waals surface area contributed by atoms with E-state index in [1.54, 1.807) is 24.3 Å². The minimum absolute atomic E-state index is 0.0995. The van der Waals surface area contributed by atoms with Crippen LogP contribution in [-0.4, -0.2) is 11.9 Å². The average Bonchev–Trinajstić information content (AvgIpc) is 2.76. The molecular formula is C27H34Cl2O4. The SMILES string of the molecule is CC(C)CCC(CC(=O)OCc1ccc(Cl)cc1)(CC(=O)OCc1ccc(Cl)cc1)C(C)C. The zero-order valence-corrected chi connectivity index (χ0v) is 21.4. The molecule has 0 aliphatic carbocycles. The van der Waals surface area contributed by atoms with Crippen LogP contribution in [-0.2, 0) is 32.3 Å². The highest BCUT2D eigenvalue weighted by atomic mass is 35.5. The lowest BCUT2D eigenvalue weighted by Crippen LogP contribution is -2.34. The standard InChI is InChI=1S/C27H34Cl2O4/c1-19(2)13-14-27(20(3)4,15-25(30)32-17-21-5-9-23(28)10-6-21)16-26(31)33-18-22-7-11-24(29)12-8-22/h5-12,19-20H,13-18H2,1-4H3. The largest absolute Gasteiger partial charge is 0.461 e. The van der Waals surface area contributed by atoms with E-state index in [2.05, 4.69) is 27.7 Å². The van der Waals surface area contributed by atoms with Gasteiger partial charge in [-0.25, -0.2) is 0 Å². The first-order valence-corrected chi connectivity index (χ1v) is 12.2. The van der Waals surface area contributed by atoms with E-state index in [4.69, 9.17) is 32.7 Å². The number of benzene rings is 2. The average molecular weight is 493 g/mol. The Kier molecular flexibility index (Phi) is 10.7. The van der Waals surface area contributed by atoms with E-state index < -0.39 is 5.41 Å². The van der Waals surface area contributed by atoms with Crippen molar-refractivity contribution >= 4 is 35.1 Å². The number of hydrogen-bond acceptors (Lipinski definition) is 4. The van der Waals surface area contributed by atoms with E-state index in [1.165, 1.54) is 0 Å². The van der Waals surface area contributed by atoms with Crippen LogP contribution < -0.4 is 0 Å². The normalized spacial score (nSPS) is 11.6. The third-order valence-electron chi connectivity index (χ3n) is 6.06. The molecule has 2 rings (SSSR count). The zero-order chi connectivity index (χ0) is 24.4. The van der Waals surface area contributed by atoms with Crippen LogP contribution in [0.1, 0.15) is 64.5 Å². The van der Waals surface area contributed by atoms with Gasteiger partial charge in [0.15, 0.2) is 0 Å². The Hall–Kier alpha value is -2.04. The predicted molar refractivity (Wildman–Crippen MR) is 133 cm³/mol. The van der Waals surface area contributed by atoms with Crippen molar-refractivity contribution in [2.45, 2.75) is 66.6 Å². The van der Waals surface area contributed by atoms with Crippen LogP contribution in [0.4, 0.5) is 0 Å². The topological polar surface area (TPSA) is 52.6 Å². The molecule has 0 fully saturated rings. The summed E-state index contributed by atoms with van der Waals surface area (Å²) in [6, 6.07) is 14.4. The summed E-state index contributed by atoms with van der Waals surface area (Å²) in [4.78, 5) is 25.7.